The topological polar surface area (TPSA) is 111 Å². The van der Waals surface area contributed by atoms with E-state index in [1.165, 1.54) is 0 Å². The normalized spacial score (nSPS) is 37.2. The molecule has 0 amide bonds. The van der Waals surface area contributed by atoms with E-state index in [1.807, 2.05) is 68.4 Å². The van der Waals surface area contributed by atoms with Crippen LogP contribution in [0.15, 0.2) is 147 Å². The first-order valence-corrected chi connectivity index (χ1v) is 60.7. The van der Waals surface area contributed by atoms with Crippen molar-refractivity contribution in [1.29, 1.82) is 0 Å². The molecule has 1 fully saturated rings. The predicted octanol–water partition coefficient (Wildman–Crippen LogP) is 23.8. The summed E-state index contributed by atoms with van der Waals surface area (Å²) in [5, 5.41) is 0. The molecular weight excluding hydrogens is 1390 g/mol. The van der Waals surface area contributed by atoms with Crippen molar-refractivity contribution in [1.82, 2.24) is 0 Å². The third-order valence-corrected chi connectivity index (χ3v) is 81.7. The molecule has 1 rings (SSSR count). The van der Waals surface area contributed by atoms with Gasteiger partial charge in [0.05, 0.1) is 0 Å². The number of hydrogen-bond donors (Lipinski definition) is 0. The van der Waals surface area contributed by atoms with Gasteiger partial charge in [-0.3, -0.25) is 0 Å². The van der Waals surface area contributed by atoms with Gasteiger partial charge in [0, 0.05) is 66.5 Å². The van der Waals surface area contributed by atoms with Crippen molar-refractivity contribution < 1.29 is 49.4 Å². The van der Waals surface area contributed by atoms with Gasteiger partial charge >= 0.3 is 103 Å². The van der Waals surface area contributed by atoms with Gasteiger partial charge in [0.2, 0.25) is 0 Å². The average molecular weight is 1540 g/mol. The SMILES string of the molecule is C=C[Si]1(C(C)CC)O[Si](C=C)(C(C)CC)O[Si](C=C)(C(C)CC)O[Si](C=C)(C(C)CC)O[Si](C=C)(C(C)CC)O[Si](C=C)(C(C)CC)O[Si](C=C)(C(C)CC)O[Si](C=C)(C(C)CC)O[Si](C=C)(C(C)CC)O[Si](C=C)(C(C)CC)O[Si](C=C)(C(C)CC)O[Si](C=C)(C(C)CC)O1. The largest absolute Gasteiger partial charge is 0.409 e. The van der Waals surface area contributed by atoms with Crippen molar-refractivity contribution in [2.75, 3.05) is 0 Å². The molecule has 1 aliphatic rings. The molecular formula is C72H144O12Si12. The van der Waals surface area contributed by atoms with Gasteiger partial charge in [-0.05, 0) is 0 Å². The highest BCUT2D eigenvalue weighted by atomic mass is 28.5. The molecule has 0 spiro atoms. The fraction of sp³-hybridized carbons (Fsp3) is 0.667. The summed E-state index contributed by atoms with van der Waals surface area (Å²) in [5.74, 6) is 0. The molecule has 0 aliphatic carbocycles. The summed E-state index contributed by atoms with van der Waals surface area (Å²) < 4.78 is 100. The molecule has 552 valence electrons. The van der Waals surface area contributed by atoms with E-state index >= 15 is 0 Å². The monoisotopic (exact) mass is 1540 g/mol. The van der Waals surface area contributed by atoms with Crippen LogP contribution in [-0.4, -0.2) is 103 Å². The molecule has 0 aromatic carbocycles. The summed E-state index contributed by atoms with van der Waals surface area (Å²) in [6.07, 6.45) is 8.29. The summed E-state index contributed by atoms with van der Waals surface area (Å²) in [4.78, 5) is 0. The fourth-order valence-electron chi connectivity index (χ4n) is 12.5. The first kappa shape index (κ1) is 93.0. The van der Waals surface area contributed by atoms with E-state index in [2.05, 4.69) is 166 Å². The Morgan fingerprint density at radius 3 is 0.240 bits per heavy atom. The molecule has 12 nitrogen and oxygen atoms in total. The van der Waals surface area contributed by atoms with Gasteiger partial charge in [-0.15, -0.1) is 78.9 Å². The van der Waals surface area contributed by atoms with E-state index in [4.69, 9.17) is 128 Å². The van der Waals surface area contributed by atoms with Crippen LogP contribution >= 0.6 is 0 Å². The van der Waals surface area contributed by atoms with E-state index in [0.717, 1.165) is 0 Å². The first-order chi connectivity index (χ1) is 45.0. The Morgan fingerprint density at radius 2 is 0.208 bits per heavy atom. The van der Waals surface area contributed by atoms with E-state index in [9.17, 15) is 0 Å². The third kappa shape index (κ3) is 19.1. The van der Waals surface area contributed by atoms with Crippen LogP contribution in [-0.2, 0) is 49.4 Å². The van der Waals surface area contributed by atoms with Gasteiger partial charge in [-0.1, -0.05) is 312 Å². The molecule has 1 saturated heterocycles. The minimum absolute atomic E-state index is 0.192. The smallest absolute Gasteiger partial charge is 0.350 e. The summed E-state index contributed by atoms with van der Waals surface area (Å²) in [6.45, 7) is 110. The standard InChI is InChI=1S/C72H144O12Si12/c1-37-61(25)85(49-13)73-86(50-14,62(26)38-2)75-88(52-16,64(28)40-4)77-90(54-18,66(30)42-6)79-92(56-20,68(32)44-8)81-94(58-22,70(34)46-10)83-96(60-24,72(36)48-12)84-95(59-23,71(35)47-11)82-93(57-21,69(33)45-9)80-91(55-19,67(31)43-7)78-89(53-17,65(29)41-5)76-87(51-15,74-85)63(27)39-3/h49-72H,13-24,37-48H2,1-12,25-36H3. The lowest BCUT2D eigenvalue weighted by atomic mass is 10.4. The van der Waals surface area contributed by atoms with Crippen LogP contribution in [0.2, 0.25) is 66.5 Å². The Kier molecular flexibility index (Phi) is 38.5. The van der Waals surface area contributed by atoms with Crippen molar-refractivity contribution in [3.05, 3.63) is 147 Å². The summed E-state index contributed by atoms with van der Waals surface area (Å²) in [6, 6.07) is 0. The zero-order chi connectivity index (χ0) is 74.4. The Labute approximate surface area is 604 Å². The zero-order valence-corrected chi connectivity index (χ0v) is 77.7. The first-order valence-electron chi connectivity index (χ1n) is 37.0. The molecule has 0 radical (unpaired) electrons. The van der Waals surface area contributed by atoms with Gasteiger partial charge in [-0.25, -0.2) is 0 Å². The van der Waals surface area contributed by atoms with Gasteiger partial charge < -0.3 is 49.4 Å². The Balaban J connectivity index is 5.89. The lowest BCUT2D eigenvalue weighted by molar-refractivity contribution is 0.215. The second-order valence-corrected chi connectivity index (χ2v) is 71.9. The highest BCUT2D eigenvalue weighted by Crippen LogP contribution is 2.53. The highest BCUT2D eigenvalue weighted by molar-refractivity contribution is 7.03. The van der Waals surface area contributed by atoms with E-state index in [1.54, 1.807) is 0 Å². The molecule has 24 heteroatoms. The molecule has 1 heterocycles. The van der Waals surface area contributed by atoms with Crippen molar-refractivity contribution in [3.8, 4) is 0 Å². The number of hydrogen-bond acceptors (Lipinski definition) is 12. The van der Waals surface area contributed by atoms with Crippen molar-refractivity contribution in [3.63, 3.8) is 0 Å². The average Bonchev–Trinajstić information content (AvgIpc) is 0.744. The maximum absolute atomic E-state index is 8.34. The van der Waals surface area contributed by atoms with Gasteiger partial charge in [0.25, 0.3) is 0 Å². The van der Waals surface area contributed by atoms with E-state index in [0.29, 0.717) is 77.0 Å². The Bertz CT molecular complexity index is 1910. The van der Waals surface area contributed by atoms with Gasteiger partial charge in [0.15, 0.2) is 0 Å². The molecule has 12 unspecified atom stereocenters. The second-order valence-electron chi connectivity index (χ2n) is 28.0. The summed E-state index contributed by atoms with van der Waals surface area (Å²) in [5.41, 5.74) is 21.3. The summed E-state index contributed by atoms with van der Waals surface area (Å²) >= 11 is 0. The molecule has 0 saturated carbocycles. The fourth-order valence-corrected chi connectivity index (χ4v) is 81.9. The third-order valence-electron chi connectivity index (χ3n) is 22.8. The second kappa shape index (κ2) is 39.8. The Hall–Kier alpha value is -0.997. The lowest BCUT2D eigenvalue weighted by Crippen LogP contribution is -2.72. The van der Waals surface area contributed by atoms with E-state index < -0.39 is 103 Å². The van der Waals surface area contributed by atoms with Crippen LogP contribution in [0.4, 0.5) is 0 Å². The zero-order valence-electron chi connectivity index (χ0n) is 65.7. The molecule has 12 atom stereocenters. The molecule has 0 N–H and O–H groups in total. The van der Waals surface area contributed by atoms with Crippen LogP contribution < -0.4 is 0 Å². The highest BCUT2D eigenvalue weighted by Gasteiger charge is 2.68. The van der Waals surface area contributed by atoms with Crippen LogP contribution in [0.25, 0.3) is 0 Å². The molecule has 1 aliphatic heterocycles. The molecule has 0 bridgehead atoms. The predicted molar refractivity (Wildman–Crippen MR) is 441 cm³/mol. The molecule has 0 aromatic heterocycles. The minimum Gasteiger partial charge on any atom is -0.409 e. The lowest BCUT2D eigenvalue weighted by Gasteiger charge is -2.55. The minimum atomic E-state index is -3.91. The van der Waals surface area contributed by atoms with Crippen LogP contribution in [0.3, 0.4) is 0 Å². The maximum atomic E-state index is 8.34. The van der Waals surface area contributed by atoms with E-state index in [-0.39, 0.29) is 66.5 Å². The van der Waals surface area contributed by atoms with Crippen LogP contribution in [0.5, 0.6) is 0 Å². The molecule has 0 aromatic rings. The molecule has 96 heavy (non-hydrogen) atoms. The van der Waals surface area contributed by atoms with Gasteiger partial charge in [0.1, 0.15) is 0 Å². The number of rotatable bonds is 36. The maximum Gasteiger partial charge on any atom is 0.350 e. The van der Waals surface area contributed by atoms with Crippen LogP contribution in [0, 0.1) is 0 Å². The summed E-state index contributed by atoms with van der Waals surface area (Å²) in [7, 11) is -46.9. The van der Waals surface area contributed by atoms with Crippen molar-refractivity contribution >= 4 is 103 Å². The van der Waals surface area contributed by atoms with Crippen LogP contribution in [0.1, 0.15) is 243 Å². The van der Waals surface area contributed by atoms with Crippen molar-refractivity contribution in [2.24, 2.45) is 0 Å². The van der Waals surface area contributed by atoms with Gasteiger partial charge in [-0.2, -0.15) is 0 Å². The Morgan fingerprint density at radius 1 is 0.156 bits per heavy atom. The van der Waals surface area contributed by atoms with Crippen molar-refractivity contribution in [2.45, 2.75) is 310 Å². The quantitative estimate of drug-likeness (QED) is 0.0557.